The quantitative estimate of drug-likeness (QED) is 0.845. The molecule has 0 aromatic heterocycles. The molecule has 1 aromatic rings. The molecule has 2 rings (SSSR count). The molecular weight excluding hydrogens is 266 g/mol. The Balaban J connectivity index is 1.94. The summed E-state index contributed by atoms with van der Waals surface area (Å²) in [6, 6.07) is 8.13. The molecule has 1 aliphatic carbocycles. The first-order valence-corrected chi connectivity index (χ1v) is 5.98. The van der Waals surface area contributed by atoms with Crippen molar-refractivity contribution in [2.75, 3.05) is 6.54 Å². The maximum absolute atomic E-state index is 11.6. The summed E-state index contributed by atoms with van der Waals surface area (Å²) in [6.45, 7) is 0.322. The summed E-state index contributed by atoms with van der Waals surface area (Å²) in [6.07, 6.45) is 6.02. The summed E-state index contributed by atoms with van der Waals surface area (Å²) in [5, 5.41) is 2.72. The smallest absolute Gasteiger partial charge is 0.224 e. The first-order chi connectivity index (χ1) is 7.72. The van der Waals surface area contributed by atoms with Gasteiger partial charge in [-0.25, -0.2) is 0 Å². The summed E-state index contributed by atoms with van der Waals surface area (Å²) in [5.41, 5.74) is 1.23. The zero-order valence-electron chi connectivity index (χ0n) is 8.74. The van der Waals surface area contributed by atoms with Gasteiger partial charge in [-0.2, -0.15) is 0 Å². The Kier molecular flexibility index (Phi) is 3.31. The Morgan fingerprint density at radius 1 is 1.50 bits per heavy atom. The number of carbonyl (C=O) groups excluding carboxylic acids is 1. The van der Waals surface area contributed by atoms with E-state index in [1.165, 1.54) is 5.56 Å². The number of rotatable bonds is 3. The molecule has 2 atom stereocenters. The van der Waals surface area contributed by atoms with Gasteiger partial charge in [0.25, 0.3) is 0 Å². The van der Waals surface area contributed by atoms with Crippen LogP contribution in [0.1, 0.15) is 17.9 Å². The van der Waals surface area contributed by atoms with Gasteiger partial charge in [-0.05, 0) is 30.0 Å². The zero-order valence-corrected chi connectivity index (χ0v) is 10.3. The lowest BCUT2D eigenvalue weighted by Gasteiger charge is -2.01. The monoisotopic (exact) mass is 277 g/mol. The van der Waals surface area contributed by atoms with Gasteiger partial charge in [0.1, 0.15) is 0 Å². The number of hydrogen-bond donors (Lipinski definition) is 1. The second-order valence-electron chi connectivity index (χ2n) is 3.92. The van der Waals surface area contributed by atoms with E-state index in [2.05, 4.69) is 39.3 Å². The SMILES string of the molecule is C#CCNC(=O)[C@H]1C[C@@H]1c1ccc(Br)cc1. The van der Waals surface area contributed by atoms with Crippen molar-refractivity contribution in [3.63, 3.8) is 0 Å². The molecule has 1 N–H and O–H groups in total. The standard InChI is InChI=1S/C13H12BrNO/c1-2-7-15-13(16)12-8-11(12)9-3-5-10(14)6-4-9/h1,3-6,11-12H,7-8H2,(H,15,16)/t11-,12+/m1/s1. The third kappa shape index (κ3) is 2.45. The lowest BCUT2D eigenvalue weighted by Crippen LogP contribution is -2.25. The van der Waals surface area contributed by atoms with E-state index >= 15 is 0 Å². The van der Waals surface area contributed by atoms with Gasteiger partial charge in [-0.3, -0.25) is 4.79 Å². The maximum atomic E-state index is 11.6. The average Bonchev–Trinajstić information content (AvgIpc) is 3.07. The van der Waals surface area contributed by atoms with Crippen molar-refractivity contribution >= 4 is 21.8 Å². The van der Waals surface area contributed by atoms with E-state index < -0.39 is 0 Å². The van der Waals surface area contributed by atoms with Crippen LogP contribution in [0.25, 0.3) is 0 Å². The molecule has 1 amide bonds. The maximum Gasteiger partial charge on any atom is 0.224 e. The molecule has 3 heteroatoms. The van der Waals surface area contributed by atoms with E-state index in [1.54, 1.807) is 0 Å². The summed E-state index contributed by atoms with van der Waals surface area (Å²) in [5.74, 6) is 2.95. The Morgan fingerprint density at radius 2 is 2.19 bits per heavy atom. The highest BCUT2D eigenvalue weighted by atomic mass is 79.9. The predicted octanol–water partition coefficient (Wildman–Crippen LogP) is 2.30. The number of carbonyl (C=O) groups is 1. The molecule has 0 bridgehead atoms. The summed E-state index contributed by atoms with van der Waals surface area (Å²) in [7, 11) is 0. The second kappa shape index (κ2) is 4.71. The van der Waals surface area contributed by atoms with E-state index in [0.29, 0.717) is 12.5 Å². The van der Waals surface area contributed by atoms with Crippen LogP contribution in [0.15, 0.2) is 28.7 Å². The molecule has 1 aromatic carbocycles. The van der Waals surface area contributed by atoms with Gasteiger partial charge in [-0.1, -0.05) is 34.0 Å². The van der Waals surface area contributed by atoms with Crippen molar-refractivity contribution in [2.24, 2.45) is 5.92 Å². The Morgan fingerprint density at radius 3 is 2.81 bits per heavy atom. The minimum atomic E-state index is 0.0749. The van der Waals surface area contributed by atoms with Crippen LogP contribution in [0.4, 0.5) is 0 Å². The number of amides is 1. The molecule has 0 aliphatic heterocycles. The molecule has 0 unspecified atom stereocenters. The lowest BCUT2D eigenvalue weighted by molar-refractivity contribution is -0.122. The molecule has 0 radical (unpaired) electrons. The van der Waals surface area contributed by atoms with E-state index in [0.717, 1.165) is 10.9 Å². The molecule has 1 saturated carbocycles. The molecule has 0 saturated heterocycles. The Bertz CT molecular complexity index is 432. The molecule has 82 valence electrons. The number of halogens is 1. The molecule has 16 heavy (non-hydrogen) atoms. The van der Waals surface area contributed by atoms with E-state index in [1.807, 2.05) is 12.1 Å². The van der Waals surface area contributed by atoms with Gasteiger partial charge in [0.05, 0.1) is 6.54 Å². The predicted molar refractivity (Wildman–Crippen MR) is 66.8 cm³/mol. The number of nitrogens with one attached hydrogen (secondary N) is 1. The highest BCUT2D eigenvalue weighted by molar-refractivity contribution is 9.10. The van der Waals surface area contributed by atoms with Crippen LogP contribution in [-0.4, -0.2) is 12.5 Å². The van der Waals surface area contributed by atoms with Gasteiger partial charge >= 0.3 is 0 Å². The third-order valence-corrected chi connectivity index (χ3v) is 3.32. The largest absolute Gasteiger partial charge is 0.345 e. The highest BCUT2D eigenvalue weighted by Gasteiger charge is 2.43. The van der Waals surface area contributed by atoms with Crippen molar-refractivity contribution in [2.45, 2.75) is 12.3 Å². The summed E-state index contributed by atoms with van der Waals surface area (Å²) in [4.78, 5) is 11.6. The Labute approximate surface area is 104 Å². The fraction of sp³-hybridized carbons (Fsp3) is 0.308. The van der Waals surface area contributed by atoms with Crippen LogP contribution >= 0.6 is 15.9 Å². The second-order valence-corrected chi connectivity index (χ2v) is 4.84. The minimum absolute atomic E-state index is 0.0749. The molecule has 2 nitrogen and oxygen atoms in total. The van der Waals surface area contributed by atoms with Gasteiger partial charge < -0.3 is 5.32 Å². The van der Waals surface area contributed by atoms with E-state index in [4.69, 9.17) is 6.42 Å². The molecule has 0 spiro atoms. The van der Waals surface area contributed by atoms with Crippen molar-refractivity contribution in [1.82, 2.24) is 5.32 Å². The first kappa shape index (κ1) is 11.2. The van der Waals surface area contributed by atoms with Crippen molar-refractivity contribution in [3.05, 3.63) is 34.3 Å². The summed E-state index contributed by atoms with van der Waals surface area (Å²) < 4.78 is 1.06. The van der Waals surface area contributed by atoms with Crippen LogP contribution in [0, 0.1) is 18.3 Å². The number of benzene rings is 1. The molecular formula is C13H12BrNO. The highest BCUT2D eigenvalue weighted by Crippen LogP contribution is 2.47. The first-order valence-electron chi connectivity index (χ1n) is 5.19. The average molecular weight is 278 g/mol. The minimum Gasteiger partial charge on any atom is -0.345 e. The van der Waals surface area contributed by atoms with Crippen LogP contribution in [0.3, 0.4) is 0 Å². The van der Waals surface area contributed by atoms with Crippen molar-refractivity contribution < 1.29 is 4.79 Å². The van der Waals surface area contributed by atoms with Gasteiger partial charge in [0.2, 0.25) is 5.91 Å². The van der Waals surface area contributed by atoms with Crippen LogP contribution < -0.4 is 5.32 Å². The van der Waals surface area contributed by atoms with Gasteiger partial charge in [0, 0.05) is 10.4 Å². The van der Waals surface area contributed by atoms with Crippen molar-refractivity contribution in [3.8, 4) is 12.3 Å². The topological polar surface area (TPSA) is 29.1 Å². The van der Waals surface area contributed by atoms with E-state index in [-0.39, 0.29) is 11.8 Å². The fourth-order valence-electron chi connectivity index (χ4n) is 1.83. The Hall–Kier alpha value is -1.27. The van der Waals surface area contributed by atoms with E-state index in [9.17, 15) is 4.79 Å². The third-order valence-electron chi connectivity index (χ3n) is 2.79. The normalized spacial score (nSPS) is 22.2. The number of terminal acetylenes is 1. The molecule has 0 heterocycles. The zero-order chi connectivity index (χ0) is 11.5. The van der Waals surface area contributed by atoms with Crippen LogP contribution in [0.5, 0.6) is 0 Å². The van der Waals surface area contributed by atoms with Crippen LogP contribution in [-0.2, 0) is 4.79 Å². The summed E-state index contributed by atoms with van der Waals surface area (Å²) >= 11 is 3.39. The molecule has 1 aliphatic rings. The number of hydrogen-bond acceptors (Lipinski definition) is 1. The lowest BCUT2D eigenvalue weighted by atomic mass is 10.1. The fourth-order valence-corrected chi connectivity index (χ4v) is 2.10. The van der Waals surface area contributed by atoms with Crippen LogP contribution in [0.2, 0.25) is 0 Å². The molecule has 1 fully saturated rings. The van der Waals surface area contributed by atoms with Gasteiger partial charge in [-0.15, -0.1) is 6.42 Å². The van der Waals surface area contributed by atoms with Crippen molar-refractivity contribution in [1.29, 1.82) is 0 Å². The van der Waals surface area contributed by atoms with Gasteiger partial charge in [0.15, 0.2) is 0 Å².